The average Bonchev–Trinajstić information content (AvgIpc) is 3.31. The van der Waals surface area contributed by atoms with E-state index in [1.54, 1.807) is 30.5 Å². The van der Waals surface area contributed by atoms with E-state index in [2.05, 4.69) is 10.6 Å². The predicted octanol–water partition coefficient (Wildman–Crippen LogP) is 3.92. The molecule has 2 heterocycles. The molecule has 0 radical (unpaired) electrons. The van der Waals surface area contributed by atoms with Crippen molar-refractivity contribution in [2.45, 2.75) is 6.04 Å². The van der Waals surface area contributed by atoms with Gasteiger partial charge in [0.2, 0.25) is 6.79 Å². The minimum absolute atomic E-state index is 0.194. The Kier molecular flexibility index (Phi) is 4.00. The highest BCUT2D eigenvalue weighted by molar-refractivity contribution is 5.90. The van der Waals surface area contributed by atoms with Crippen molar-refractivity contribution in [1.29, 1.82) is 0 Å². The summed E-state index contributed by atoms with van der Waals surface area (Å²) in [5.41, 5.74) is 1.55. The number of hydrogen-bond donors (Lipinski definition) is 2. The first kappa shape index (κ1) is 15.1. The molecule has 0 saturated carbocycles. The number of furan rings is 1. The number of rotatable bonds is 4. The molecule has 1 atom stereocenters. The average molecular weight is 336 g/mol. The van der Waals surface area contributed by atoms with E-state index in [0.717, 1.165) is 5.56 Å². The molecule has 0 aliphatic carbocycles. The van der Waals surface area contributed by atoms with Crippen LogP contribution >= 0.6 is 0 Å². The molecule has 0 spiro atoms. The number of ether oxygens (including phenoxy) is 2. The lowest BCUT2D eigenvalue weighted by Crippen LogP contribution is -2.33. The van der Waals surface area contributed by atoms with E-state index in [-0.39, 0.29) is 18.9 Å². The van der Waals surface area contributed by atoms with Crippen molar-refractivity contribution in [2.24, 2.45) is 0 Å². The highest BCUT2D eigenvalue weighted by Gasteiger charge is 2.20. The number of benzene rings is 2. The molecular weight excluding hydrogens is 320 g/mol. The molecular formula is C19H16N2O4. The standard InChI is InChI=1S/C19H16N2O4/c22-19(20-14-8-9-15-17(11-14)25-12-24-15)21-18(16-7-4-10-23-16)13-5-2-1-3-6-13/h1-11,18H,12H2,(H2,20,21,22). The second kappa shape index (κ2) is 6.60. The third-order valence-electron chi connectivity index (χ3n) is 3.87. The van der Waals surface area contributed by atoms with Crippen molar-refractivity contribution < 1.29 is 18.7 Å². The Morgan fingerprint density at radius 2 is 1.80 bits per heavy atom. The topological polar surface area (TPSA) is 72.7 Å². The first-order valence-electron chi connectivity index (χ1n) is 7.85. The second-order valence-corrected chi connectivity index (χ2v) is 5.53. The van der Waals surface area contributed by atoms with Crippen molar-refractivity contribution >= 4 is 11.7 Å². The lowest BCUT2D eigenvalue weighted by Gasteiger charge is -2.17. The van der Waals surface area contributed by atoms with Crippen molar-refractivity contribution in [3.63, 3.8) is 0 Å². The zero-order chi connectivity index (χ0) is 17.1. The zero-order valence-electron chi connectivity index (χ0n) is 13.3. The van der Waals surface area contributed by atoms with Gasteiger partial charge in [-0.3, -0.25) is 0 Å². The van der Waals surface area contributed by atoms with Crippen LogP contribution in [0.25, 0.3) is 0 Å². The van der Waals surface area contributed by atoms with Gasteiger partial charge in [0.1, 0.15) is 11.8 Å². The molecule has 2 aromatic carbocycles. The fourth-order valence-corrected chi connectivity index (χ4v) is 2.69. The summed E-state index contributed by atoms with van der Waals surface area (Å²) >= 11 is 0. The number of urea groups is 1. The van der Waals surface area contributed by atoms with Crippen molar-refractivity contribution in [3.8, 4) is 11.5 Å². The van der Waals surface area contributed by atoms with Crippen LogP contribution in [0.5, 0.6) is 11.5 Å². The number of hydrogen-bond acceptors (Lipinski definition) is 4. The smallest absolute Gasteiger partial charge is 0.320 e. The van der Waals surface area contributed by atoms with Gasteiger partial charge in [-0.25, -0.2) is 4.79 Å². The van der Waals surface area contributed by atoms with Crippen molar-refractivity contribution in [2.75, 3.05) is 12.1 Å². The van der Waals surface area contributed by atoms with Gasteiger partial charge in [0.15, 0.2) is 11.5 Å². The number of fused-ring (bicyclic) bond motifs is 1. The summed E-state index contributed by atoms with van der Waals surface area (Å²) in [4.78, 5) is 12.5. The van der Waals surface area contributed by atoms with Crippen LogP contribution in [0, 0.1) is 0 Å². The van der Waals surface area contributed by atoms with E-state index >= 15 is 0 Å². The molecule has 1 aliphatic heterocycles. The van der Waals surface area contributed by atoms with Crippen LogP contribution in [0.15, 0.2) is 71.3 Å². The van der Waals surface area contributed by atoms with E-state index in [1.165, 1.54) is 0 Å². The molecule has 0 fully saturated rings. The monoisotopic (exact) mass is 336 g/mol. The third kappa shape index (κ3) is 3.28. The summed E-state index contributed by atoms with van der Waals surface area (Å²) in [5, 5.41) is 5.74. The highest BCUT2D eigenvalue weighted by atomic mass is 16.7. The molecule has 0 saturated heterocycles. The van der Waals surface area contributed by atoms with Gasteiger partial charge < -0.3 is 24.5 Å². The van der Waals surface area contributed by atoms with Crippen LogP contribution in [-0.2, 0) is 0 Å². The Morgan fingerprint density at radius 3 is 2.60 bits per heavy atom. The molecule has 126 valence electrons. The minimum Gasteiger partial charge on any atom is -0.467 e. The Bertz CT molecular complexity index is 862. The Hall–Kier alpha value is -3.41. The van der Waals surface area contributed by atoms with Crippen molar-refractivity contribution in [1.82, 2.24) is 5.32 Å². The molecule has 6 nitrogen and oxygen atoms in total. The number of anilines is 1. The second-order valence-electron chi connectivity index (χ2n) is 5.53. The first-order valence-corrected chi connectivity index (χ1v) is 7.85. The molecule has 3 aromatic rings. The van der Waals surface area contributed by atoms with Gasteiger partial charge in [0.25, 0.3) is 0 Å². The molecule has 1 unspecified atom stereocenters. The molecule has 25 heavy (non-hydrogen) atoms. The number of amides is 2. The van der Waals surface area contributed by atoms with Gasteiger partial charge in [0.05, 0.1) is 6.26 Å². The third-order valence-corrected chi connectivity index (χ3v) is 3.87. The summed E-state index contributed by atoms with van der Waals surface area (Å²) in [7, 11) is 0. The van der Waals surface area contributed by atoms with Gasteiger partial charge in [-0.15, -0.1) is 0 Å². The Labute approximate surface area is 144 Å². The van der Waals surface area contributed by atoms with Crippen LogP contribution < -0.4 is 20.1 Å². The number of carbonyl (C=O) groups is 1. The van der Waals surface area contributed by atoms with Crippen LogP contribution in [-0.4, -0.2) is 12.8 Å². The maximum Gasteiger partial charge on any atom is 0.320 e. The Balaban J connectivity index is 1.51. The van der Waals surface area contributed by atoms with Gasteiger partial charge >= 0.3 is 6.03 Å². The maximum atomic E-state index is 12.5. The molecule has 1 aromatic heterocycles. The molecule has 6 heteroatoms. The predicted molar refractivity (Wildman–Crippen MR) is 91.7 cm³/mol. The summed E-state index contributed by atoms with van der Waals surface area (Å²) in [6.07, 6.45) is 1.59. The summed E-state index contributed by atoms with van der Waals surface area (Å²) in [5.74, 6) is 1.94. The first-order chi connectivity index (χ1) is 12.3. The normalized spacial score (nSPS) is 13.3. The maximum absolute atomic E-state index is 12.5. The number of nitrogens with one attached hydrogen (secondary N) is 2. The molecule has 2 N–H and O–H groups in total. The lowest BCUT2D eigenvalue weighted by molar-refractivity contribution is 0.174. The zero-order valence-corrected chi connectivity index (χ0v) is 13.3. The quantitative estimate of drug-likeness (QED) is 0.757. The fraction of sp³-hybridized carbons (Fsp3) is 0.105. The van der Waals surface area contributed by atoms with Gasteiger partial charge in [-0.1, -0.05) is 30.3 Å². The van der Waals surface area contributed by atoms with E-state index < -0.39 is 0 Å². The van der Waals surface area contributed by atoms with Crippen LogP contribution in [0.1, 0.15) is 17.4 Å². The Morgan fingerprint density at radius 1 is 0.960 bits per heavy atom. The van der Waals surface area contributed by atoms with E-state index in [4.69, 9.17) is 13.9 Å². The summed E-state index contributed by atoms with van der Waals surface area (Å²) in [6, 6.07) is 17.8. The highest BCUT2D eigenvalue weighted by Crippen LogP contribution is 2.34. The fourth-order valence-electron chi connectivity index (χ4n) is 2.69. The van der Waals surface area contributed by atoms with E-state index in [9.17, 15) is 4.79 Å². The molecule has 4 rings (SSSR count). The molecule has 0 bridgehead atoms. The SMILES string of the molecule is O=C(Nc1ccc2c(c1)OCO2)NC(c1ccccc1)c1ccco1. The van der Waals surface area contributed by atoms with Crippen LogP contribution in [0.2, 0.25) is 0 Å². The molecule has 1 aliphatic rings. The summed E-state index contributed by atoms with van der Waals surface area (Å²) in [6.45, 7) is 0.194. The number of carbonyl (C=O) groups excluding carboxylic acids is 1. The lowest BCUT2D eigenvalue weighted by atomic mass is 10.1. The van der Waals surface area contributed by atoms with Crippen molar-refractivity contribution in [3.05, 3.63) is 78.3 Å². The van der Waals surface area contributed by atoms with E-state index in [1.807, 2.05) is 36.4 Å². The van der Waals surface area contributed by atoms with Crippen LogP contribution in [0.3, 0.4) is 0 Å². The minimum atomic E-state index is -0.384. The summed E-state index contributed by atoms with van der Waals surface area (Å²) < 4.78 is 16.1. The van der Waals surface area contributed by atoms with E-state index in [0.29, 0.717) is 22.9 Å². The largest absolute Gasteiger partial charge is 0.467 e. The molecule has 2 amide bonds. The van der Waals surface area contributed by atoms with Gasteiger partial charge in [-0.05, 0) is 29.8 Å². The van der Waals surface area contributed by atoms with Gasteiger partial charge in [0, 0.05) is 11.8 Å². The van der Waals surface area contributed by atoms with Crippen LogP contribution in [0.4, 0.5) is 10.5 Å². The van der Waals surface area contributed by atoms with Gasteiger partial charge in [-0.2, -0.15) is 0 Å².